The molecule has 1 fully saturated rings. The minimum Gasteiger partial charge on any atom is -0.481 e. The van der Waals surface area contributed by atoms with Gasteiger partial charge in [-0.1, -0.05) is 16.7 Å². The summed E-state index contributed by atoms with van der Waals surface area (Å²) >= 11 is 5.74. The van der Waals surface area contributed by atoms with Crippen molar-refractivity contribution in [3.05, 3.63) is 52.8 Å². The predicted octanol–water partition coefficient (Wildman–Crippen LogP) is 4.58. The van der Waals surface area contributed by atoms with Crippen LogP contribution in [0.2, 0.25) is 5.02 Å². The lowest BCUT2D eigenvalue weighted by Gasteiger charge is -2.26. The normalized spacial score (nSPS) is 17.7. The van der Waals surface area contributed by atoms with Gasteiger partial charge in [-0.2, -0.15) is 0 Å². The molecule has 4 rings (SSSR count). The van der Waals surface area contributed by atoms with Gasteiger partial charge in [0.1, 0.15) is 11.9 Å². The largest absolute Gasteiger partial charge is 0.481 e. The fraction of sp³-hybridized carbons (Fsp3) is 0.318. The first-order valence-electron chi connectivity index (χ1n) is 10.5. The fourth-order valence-electron chi connectivity index (χ4n) is 3.56. The number of hydrogen-bond acceptors (Lipinski definition) is 8. The smallest absolute Gasteiger partial charge is 0.320 e. The highest BCUT2D eigenvalue weighted by Gasteiger charge is 2.27. The van der Waals surface area contributed by atoms with E-state index in [-0.39, 0.29) is 28.9 Å². The average molecular weight is 490 g/mol. The summed E-state index contributed by atoms with van der Waals surface area (Å²) in [7, 11) is 0. The number of ether oxygens (including phenoxy) is 1. The van der Waals surface area contributed by atoms with Gasteiger partial charge < -0.3 is 24.9 Å². The van der Waals surface area contributed by atoms with Crippen LogP contribution in [0.25, 0.3) is 0 Å². The van der Waals surface area contributed by atoms with Gasteiger partial charge in [0, 0.05) is 11.8 Å². The van der Waals surface area contributed by atoms with Crippen molar-refractivity contribution in [2.45, 2.75) is 38.7 Å². The van der Waals surface area contributed by atoms with Gasteiger partial charge in [-0.3, -0.25) is 9.59 Å². The number of hydrogen-bond donors (Lipinski definition) is 3. The quantitative estimate of drug-likeness (QED) is 0.434. The van der Waals surface area contributed by atoms with Crippen molar-refractivity contribution in [3.8, 4) is 5.88 Å². The number of carbonyl (C=O) groups excluding carboxylic acids is 1. The number of halogens is 2. The third-order valence-corrected chi connectivity index (χ3v) is 5.72. The molecule has 3 N–H and O–H groups in total. The van der Waals surface area contributed by atoms with Crippen molar-refractivity contribution >= 4 is 40.9 Å². The van der Waals surface area contributed by atoms with Crippen molar-refractivity contribution in [2.75, 3.05) is 10.6 Å². The van der Waals surface area contributed by atoms with E-state index < -0.39 is 17.7 Å². The van der Waals surface area contributed by atoms with E-state index in [1.54, 1.807) is 13.0 Å². The molecule has 0 saturated heterocycles. The van der Waals surface area contributed by atoms with Gasteiger partial charge in [0.25, 0.3) is 0 Å². The highest BCUT2D eigenvalue weighted by atomic mass is 35.5. The van der Waals surface area contributed by atoms with Gasteiger partial charge in [-0.15, -0.1) is 5.10 Å². The molecule has 2 heterocycles. The Morgan fingerprint density at radius 1 is 1.21 bits per heavy atom. The van der Waals surface area contributed by atoms with E-state index in [4.69, 9.17) is 25.9 Å². The second-order valence-corrected chi connectivity index (χ2v) is 8.29. The van der Waals surface area contributed by atoms with Crippen LogP contribution >= 0.6 is 11.6 Å². The van der Waals surface area contributed by atoms with Crippen LogP contribution in [-0.4, -0.2) is 38.3 Å². The van der Waals surface area contributed by atoms with Crippen LogP contribution in [0, 0.1) is 18.7 Å². The maximum Gasteiger partial charge on any atom is 0.320 e. The third-order valence-electron chi connectivity index (χ3n) is 5.43. The number of carbonyl (C=O) groups is 2. The summed E-state index contributed by atoms with van der Waals surface area (Å²) in [6, 6.07) is 5.58. The molecular formula is C22H21ClFN5O5. The Morgan fingerprint density at radius 3 is 2.65 bits per heavy atom. The first kappa shape index (κ1) is 23.4. The second kappa shape index (κ2) is 10.0. The molecule has 0 aliphatic heterocycles. The van der Waals surface area contributed by atoms with Crippen LogP contribution < -0.4 is 15.4 Å². The van der Waals surface area contributed by atoms with Gasteiger partial charge in [0.15, 0.2) is 0 Å². The number of aryl methyl sites for hydroxylation is 1. The lowest BCUT2D eigenvalue weighted by Crippen LogP contribution is -2.28. The molecule has 1 aliphatic rings. The maximum atomic E-state index is 13.3. The molecule has 1 saturated carbocycles. The zero-order valence-electron chi connectivity index (χ0n) is 18.0. The van der Waals surface area contributed by atoms with E-state index in [0.29, 0.717) is 48.5 Å². The van der Waals surface area contributed by atoms with Gasteiger partial charge in [-0.05, 0) is 56.4 Å². The number of pyridine rings is 1. The summed E-state index contributed by atoms with van der Waals surface area (Å²) in [6.07, 6.45) is 3.80. The summed E-state index contributed by atoms with van der Waals surface area (Å²) in [5.41, 5.74) is 1.55. The van der Waals surface area contributed by atoms with Gasteiger partial charge >= 0.3 is 23.8 Å². The van der Waals surface area contributed by atoms with Crippen molar-refractivity contribution in [1.29, 1.82) is 0 Å². The zero-order valence-corrected chi connectivity index (χ0v) is 18.8. The Morgan fingerprint density at radius 2 is 1.97 bits per heavy atom. The summed E-state index contributed by atoms with van der Waals surface area (Å²) in [5, 5.41) is 21.9. The summed E-state index contributed by atoms with van der Waals surface area (Å²) in [4.78, 5) is 27.8. The Hall–Kier alpha value is -3.73. The van der Waals surface area contributed by atoms with Crippen LogP contribution in [0.4, 0.5) is 21.8 Å². The molecule has 0 bridgehead atoms. The SMILES string of the molecule is Cc1cc(O[C@H]2CC[C@H](C(=O)O)CC2)ncc1NC(=O)c1nnc(Nc2ccc(F)c(Cl)c2)o1. The number of aliphatic carboxylic acids is 1. The first-order chi connectivity index (χ1) is 16.3. The molecule has 2 aromatic heterocycles. The van der Waals surface area contributed by atoms with E-state index in [9.17, 15) is 14.0 Å². The van der Waals surface area contributed by atoms with Crippen molar-refractivity contribution in [2.24, 2.45) is 5.92 Å². The highest BCUT2D eigenvalue weighted by molar-refractivity contribution is 6.31. The lowest BCUT2D eigenvalue weighted by atomic mass is 9.87. The maximum absolute atomic E-state index is 13.3. The molecule has 34 heavy (non-hydrogen) atoms. The zero-order chi connectivity index (χ0) is 24.2. The Labute approximate surface area is 198 Å². The Bertz CT molecular complexity index is 1210. The molecule has 12 heteroatoms. The van der Waals surface area contributed by atoms with Crippen molar-refractivity contribution < 1.29 is 28.2 Å². The molecular weight excluding hydrogens is 469 g/mol. The third kappa shape index (κ3) is 5.60. The van der Waals surface area contributed by atoms with E-state index in [0.717, 1.165) is 0 Å². The minimum atomic E-state index is -0.767. The summed E-state index contributed by atoms with van der Waals surface area (Å²) < 4.78 is 24.5. The number of nitrogens with zero attached hydrogens (tertiary/aromatic N) is 3. The summed E-state index contributed by atoms with van der Waals surface area (Å²) in [6.45, 7) is 1.78. The lowest BCUT2D eigenvalue weighted by molar-refractivity contribution is -0.143. The number of carboxylic acids is 1. The number of aromatic nitrogens is 3. The van der Waals surface area contributed by atoms with E-state index >= 15 is 0 Å². The molecule has 0 atom stereocenters. The van der Waals surface area contributed by atoms with E-state index in [1.807, 2.05) is 0 Å². The predicted molar refractivity (Wildman–Crippen MR) is 120 cm³/mol. The molecule has 178 valence electrons. The van der Waals surface area contributed by atoms with Crippen LogP contribution in [0.15, 0.2) is 34.9 Å². The van der Waals surface area contributed by atoms with Gasteiger partial charge in [-0.25, -0.2) is 9.37 Å². The van der Waals surface area contributed by atoms with Crippen LogP contribution in [0.5, 0.6) is 5.88 Å². The number of nitrogens with one attached hydrogen (secondary N) is 2. The Kier molecular flexibility index (Phi) is 6.92. The monoisotopic (exact) mass is 489 g/mol. The fourth-order valence-corrected chi connectivity index (χ4v) is 3.74. The number of rotatable bonds is 7. The molecule has 10 nitrogen and oxygen atoms in total. The molecule has 0 unspecified atom stereocenters. The standard InChI is InChI=1S/C22H21ClFN5O5/c1-11-8-18(33-14-5-2-12(3-6-14)21(31)32)25-10-17(11)27-19(30)20-28-29-22(34-20)26-13-4-7-16(24)15(23)9-13/h4,7-10,12,14H,2-3,5-6H2,1H3,(H,26,29)(H,27,30)(H,31,32)/t12-,14-. The van der Waals surface area contributed by atoms with Crippen LogP contribution in [0.1, 0.15) is 41.9 Å². The highest BCUT2D eigenvalue weighted by Crippen LogP contribution is 2.28. The molecule has 1 aromatic carbocycles. The van der Waals surface area contributed by atoms with E-state index in [1.165, 1.54) is 24.4 Å². The number of amides is 1. The van der Waals surface area contributed by atoms with Crippen LogP contribution in [-0.2, 0) is 4.79 Å². The second-order valence-electron chi connectivity index (χ2n) is 7.89. The van der Waals surface area contributed by atoms with Gasteiger partial charge in [0.05, 0.1) is 22.8 Å². The average Bonchev–Trinajstić information content (AvgIpc) is 3.27. The minimum absolute atomic E-state index is 0.0657. The number of benzene rings is 1. The van der Waals surface area contributed by atoms with Crippen molar-refractivity contribution in [3.63, 3.8) is 0 Å². The number of carboxylic acid groups (broad SMARTS) is 1. The topological polar surface area (TPSA) is 139 Å². The Balaban J connectivity index is 1.34. The molecule has 0 radical (unpaired) electrons. The first-order valence-corrected chi connectivity index (χ1v) is 10.9. The molecule has 1 aliphatic carbocycles. The van der Waals surface area contributed by atoms with E-state index in [2.05, 4.69) is 25.8 Å². The molecule has 3 aromatic rings. The number of anilines is 3. The summed E-state index contributed by atoms with van der Waals surface area (Å²) in [5.74, 6) is -2.17. The van der Waals surface area contributed by atoms with Gasteiger partial charge in [0.2, 0.25) is 5.88 Å². The molecule has 0 spiro atoms. The van der Waals surface area contributed by atoms with Crippen LogP contribution in [0.3, 0.4) is 0 Å². The molecule has 1 amide bonds. The van der Waals surface area contributed by atoms with Crippen molar-refractivity contribution in [1.82, 2.24) is 15.2 Å².